The first-order valence-electron chi connectivity index (χ1n) is 5.77. The Bertz CT molecular complexity index is 584. The van der Waals surface area contributed by atoms with Crippen molar-refractivity contribution in [2.75, 3.05) is 13.4 Å². The van der Waals surface area contributed by atoms with Crippen LogP contribution in [0.1, 0.15) is 29.0 Å². The molecule has 0 fully saturated rings. The third kappa shape index (κ3) is 3.44. The number of hydrogen-bond acceptors (Lipinski definition) is 3. The van der Waals surface area contributed by atoms with Crippen molar-refractivity contribution in [2.24, 2.45) is 0 Å². The molecule has 3 nitrogen and oxygen atoms in total. The van der Waals surface area contributed by atoms with Crippen LogP contribution in [0.3, 0.4) is 0 Å². The van der Waals surface area contributed by atoms with Gasteiger partial charge in [-0.15, -0.1) is 11.6 Å². The zero-order chi connectivity index (χ0) is 15.0. The van der Waals surface area contributed by atoms with Gasteiger partial charge in [0.1, 0.15) is 5.75 Å². The minimum atomic E-state index is -3.22. The summed E-state index contributed by atoms with van der Waals surface area (Å²) in [4.78, 5) is 0. The highest BCUT2D eigenvalue weighted by Crippen LogP contribution is 2.41. The van der Waals surface area contributed by atoms with Crippen molar-refractivity contribution in [1.82, 2.24) is 0 Å². The number of methoxy groups -OCH3 is 1. The molecule has 108 valence electrons. The van der Waals surface area contributed by atoms with Crippen LogP contribution in [0.15, 0.2) is 10.5 Å². The van der Waals surface area contributed by atoms with Crippen LogP contribution in [0.25, 0.3) is 0 Å². The zero-order valence-electron chi connectivity index (χ0n) is 11.6. The third-order valence-electron chi connectivity index (χ3n) is 3.28. The predicted octanol–water partition coefficient (Wildman–Crippen LogP) is 3.79. The van der Waals surface area contributed by atoms with Crippen molar-refractivity contribution >= 4 is 37.4 Å². The van der Waals surface area contributed by atoms with Gasteiger partial charge in [0.2, 0.25) is 0 Å². The van der Waals surface area contributed by atoms with Crippen LogP contribution in [0.2, 0.25) is 0 Å². The molecule has 19 heavy (non-hydrogen) atoms. The Morgan fingerprint density at radius 1 is 1.37 bits per heavy atom. The van der Waals surface area contributed by atoms with Gasteiger partial charge in [0, 0.05) is 16.3 Å². The highest BCUT2D eigenvalue weighted by atomic mass is 79.9. The quantitative estimate of drug-likeness (QED) is 0.758. The van der Waals surface area contributed by atoms with Gasteiger partial charge < -0.3 is 4.74 Å². The first kappa shape index (κ1) is 16.8. The lowest BCUT2D eigenvalue weighted by Gasteiger charge is -2.23. The smallest absolute Gasteiger partial charge is 0.151 e. The lowest BCUT2D eigenvalue weighted by molar-refractivity contribution is 0.405. The zero-order valence-corrected chi connectivity index (χ0v) is 14.8. The van der Waals surface area contributed by atoms with Gasteiger partial charge in [-0.1, -0.05) is 15.9 Å². The van der Waals surface area contributed by atoms with Crippen LogP contribution < -0.4 is 4.74 Å². The normalized spacial score (nSPS) is 15.1. The fourth-order valence-corrected chi connectivity index (χ4v) is 3.88. The fraction of sp³-hybridized carbons (Fsp3) is 0.538. The molecule has 0 heterocycles. The second-order valence-electron chi connectivity index (χ2n) is 4.68. The van der Waals surface area contributed by atoms with Crippen molar-refractivity contribution in [3.8, 4) is 5.75 Å². The Hall–Kier alpha value is -0.260. The summed E-state index contributed by atoms with van der Waals surface area (Å²) in [6, 6.07) is 1.94. The Morgan fingerprint density at radius 3 is 2.32 bits per heavy atom. The number of hydrogen-bond donors (Lipinski definition) is 0. The maximum Gasteiger partial charge on any atom is 0.151 e. The molecule has 0 spiro atoms. The van der Waals surface area contributed by atoms with Gasteiger partial charge >= 0.3 is 0 Å². The summed E-state index contributed by atoms with van der Waals surface area (Å²) in [6.07, 6.45) is 1.19. The Kier molecular flexibility index (Phi) is 5.32. The summed E-state index contributed by atoms with van der Waals surface area (Å²) in [5.74, 6) is 0.649. The van der Waals surface area contributed by atoms with Gasteiger partial charge in [-0.2, -0.15) is 0 Å². The fourth-order valence-electron chi connectivity index (χ4n) is 1.93. The summed E-state index contributed by atoms with van der Waals surface area (Å²) in [5.41, 5.74) is 2.55. The SMILES string of the molecule is COc1c(C)cc(Br)c(C)c1C(Cl)C(C)S(C)(=O)=O. The van der Waals surface area contributed by atoms with Gasteiger partial charge in [-0.3, -0.25) is 0 Å². The first-order valence-corrected chi connectivity index (χ1v) is 8.96. The van der Waals surface area contributed by atoms with Crippen LogP contribution in [-0.2, 0) is 9.84 Å². The van der Waals surface area contributed by atoms with Crippen LogP contribution in [0, 0.1) is 13.8 Å². The molecule has 0 N–H and O–H groups in total. The van der Waals surface area contributed by atoms with Crippen LogP contribution in [0.4, 0.5) is 0 Å². The molecule has 6 heteroatoms. The van der Waals surface area contributed by atoms with E-state index in [0.29, 0.717) is 5.75 Å². The minimum Gasteiger partial charge on any atom is -0.496 e. The van der Waals surface area contributed by atoms with Gasteiger partial charge in [0.05, 0.1) is 17.7 Å². The van der Waals surface area contributed by atoms with Crippen LogP contribution >= 0.6 is 27.5 Å². The van der Waals surface area contributed by atoms with Gasteiger partial charge in [0.15, 0.2) is 9.84 Å². The highest BCUT2D eigenvalue weighted by Gasteiger charge is 2.30. The summed E-state index contributed by atoms with van der Waals surface area (Å²) >= 11 is 9.86. The van der Waals surface area contributed by atoms with Crippen molar-refractivity contribution < 1.29 is 13.2 Å². The topological polar surface area (TPSA) is 43.4 Å². The van der Waals surface area contributed by atoms with E-state index >= 15 is 0 Å². The molecule has 1 aromatic rings. The van der Waals surface area contributed by atoms with Gasteiger partial charge in [-0.25, -0.2) is 8.42 Å². The van der Waals surface area contributed by atoms with E-state index in [9.17, 15) is 8.42 Å². The van der Waals surface area contributed by atoms with E-state index in [1.807, 2.05) is 19.9 Å². The largest absolute Gasteiger partial charge is 0.496 e. The monoisotopic (exact) mass is 368 g/mol. The molecular formula is C13H18BrClO3S. The van der Waals surface area contributed by atoms with E-state index in [0.717, 1.165) is 21.2 Å². The summed E-state index contributed by atoms with van der Waals surface area (Å²) < 4.78 is 29.7. The standard InChI is InChI=1S/C13H18BrClO3S/c1-7-6-10(14)8(2)11(13(7)18-4)12(15)9(3)19(5,16)17/h6,9,12H,1-5H3. The Balaban J connectivity index is 3.49. The van der Waals surface area contributed by atoms with Crippen molar-refractivity contribution in [2.45, 2.75) is 31.4 Å². The number of ether oxygens (including phenoxy) is 1. The van der Waals surface area contributed by atoms with Crippen molar-refractivity contribution in [3.63, 3.8) is 0 Å². The molecule has 0 amide bonds. The molecule has 0 bridgehead atoms. The second kappa shape index (κ2) is 6.02. The summed E-state index contributed by atoms with van der Waals surface area (Å²) in [7, 11) is -1.66. The van der Waals surface area contributed by atoms with Crippen LogP contribution in [-0.4, -0.2) is 27.0 Å². The average Bonchev–Trinajstić information content (AvgIpc) is 2.30. The molecule has 1 rings (SSSR count). The van der Waals surface area contributed by atoms with E-state index in [-0.39, 0.29) is 0 Å². The van der Waals surface area contributed by atoms with E-state index in [1.165, 1.54) is 6.26 Å². The molecule has 0 saturated heterocycles. The molecule has 0 aromatic heterocycles. The van der Waals surface area contributed by atoms with Crippen LogP contribution in [0.5, 0.6) is 5.75 Å². The Morgan fingerprint density at radius 2 is 1.89 bits per heavy atom. The number of rotatable bonds is 4. The first-order chi connectivity index (χ1) is 8.61. The maximum atomic E-state index is 11.7. The number of aryl methyl sites for hydroxylation is 1. The molecule has 0 aliphatic carbocycles. The molecule has 0 aliphatic heterocycles. The highest BCUT2D eigenvalue weighted by molar-refractivity contribution is 9.10. The molecule has 0 saturated carbocycles. The van der Waals surface area contributed by atoms with E-state index in [4.69, 9.17) is 16.3 Å². The molecular weight excluding hydrogens is 352 g/mol. The number of benzene rings is 1. The van der Waals surface area contributed by atoms with E-state index in [1.54, 1.807) is 14.0 Å². The Labute approximate surface area is 128 Å². The third-order valence-corrected chi connectivity index (χ3v) is 6.47. The molecule has 0 aliphatic rings. The summed E-state index contributed by atoms with van der Waals surface area (Å²) in [5, 5.41) is -1.34. The molecule has 2 atom stereocenters. The summed E-state index contributed by atoms with van der Waals surface area (Å²) in [6.45, 7) is 5.41. The lowest BCUT2D eigenvalue weighted by atomic mass is 9.99. The van der Waals surface area contributed by atoms with Gasteiger partial charge in [-0.05, 0) is 38.0 Å². The number of halogens is 2. The maximum absolute atomic E-state index is 11.7. The van der Waals surface area contributed by atoms with E-state index < -0.39 is 20.5 Å². The average molecular weight is 370 g/mol. The second-order valence-corrected chi connectivity index (χ2v) is 8.41. The molecule has 1 aromatic carbocycles. The number of sulfone groups is 1. The van der Waals surface area contributed by atoms with Crippen molar-refractivity contribution in [1.29, 1.82) is 0 Å². The lowest BCUT2D eigenvalue weighted by Crippen LogP contribution is -2.22. The number of alkyl halides is 1. The molecule has 2 unspecified atom stereocenters. The van der Waals surface area contributed by atoms with E-state index in [2.05, 4.69) is 15.9 Å². The van der Waals surface area contributed by atoms with Gasteiger partial charge in [0.25, 0.3) is 0 Å². The minimum absolute atomic E-state index is 0.649. The van der Waals surface area contributed by atoms with Crippen molar-refractivity contribution in [3.05, 3.63) is 27.2 Å². The predicted molar refractivity (Wildman–Crippen MR) is 83.1 cm³/mol. The molecule has 0 radical (unpaired) electrons.